The number of hydrogen-bond donors (Lipinski definition) is 0. The van der Waals surface area contributed by atoms with E-state index in [1.54, 1.807) is 18.7 Å². The largest absolute Gasteiger partial charge is 0.408 e. The number of ether oxygens (including phenoxy) is 1. The molecule has 25 heavy (non-hydrogen) atoms. The lowest BCUT2D eigenvalue weighted by atomic mass is 9.99. The summed E-state index contributed by atoms with van der Waals surface area (Å²) in [5, 5.41) is 4.07. The lowest BCUT2D eigenvalue weighted by Gasteiger charge is -2.37. The first-order valence-corrected chi connectivity index (χ1v) is 8.77. The quantitative estimate of drug-likeness (QED) is 0.833. The molecular weight excluding hydrogens is 335 g/mol. The van der Waals surface area contributed by atoms with Gasteiger partial charge in [0.25, 0.3) is 0 Å². The molecule has 0 N–H and O–H groups in total. The van der Waals surface area contributed by atoms with E-state index in [4.69, 9.17) is 4.74 Å². The molecule has 0 aromatic carbocycles. The maximum Gasteiger partial charge on any atom is 0.408 e. The molecule has 2 aliphatic rings. The number of nitrogens with zero attached hydrogens (tertiary/aromatic N) is 3. The van der Waals surface area contributed by atoms with Crippen LogP contribution in [0.2, 0.25) is 0 Å². The molecule has 2 fully saturated rings. The Morgan fingerprint density at radius 3 is 2.60 bits per heavy atom. The number of alkyl halides is 3. The van der Waals surface area contributed by atoms with E-state index in [1.165, 1.54) is 0 Å². The van der Waals surface area contributed by atoms with E-state index in [1.807, 2.05) is 0 Å². The van der Waals surface area contributed by atoms with Crippen molar-refractivity contribution >= 4 is 5.91 Å². The molecule has 0 radical (unpaired) electrons. The van der Waals surface area contributed by atoms with Gasteiger partial charge in [-0.15, -0.1) is 0 Å². The first-order chi connectivity index (χ1) is 11.8. The average Bonchev–Trinajstić information content (AvgIpc) is 3.15. The molecule has 8 heteroatoms. The third-order valence-corrected chi connectivity index (χ3v) is 5.22. The number of carbonyl (C=O) groups is 1. The third kappa shape index (κ3) is 3.83. The summed E-state index contributed by atoms with van der Waals surface area (Å²) in [6.07, 6.45) is -0.411. The van der Waals surface area contributed by atoms with E-state index in [-0.39, 0.29) is 17.9 Å². The molecule has 1 atom stereocenters. The van der Waals surface area contributed by atoms with E-state index in [0.29, 0.717) is 36.7 Å². The van der Waals surface area contributed by atoms with Gasteiger partial charge in [-0.05, 0) is 26.7 Å². The van der Waals surface area contributed by atoms with Gasteiger partial charge in [0, 0.05) is 23.7 Å². The zero-order valence-electron chi connectivity index (χ0n) is 14.6. The molecule has 1 saturated heterocycles. The highest BCUT2D eigenvalue weighted by Crippen LogP contribution is 2.34. The first kappa shape index (κ1) is 18.2. The van der Waals surface area contributed by atoms with Gasteiger partial charge < -0.3 is 9.64 Å². The molecule has 1 amide bonds. The SMILES string of the molecule is Cc1nn(CC(F)(F)F)c(C)c1C1COCCN1C(=O)C1CCCC1. The van der Waals surface area contributed by atoms with E-state index in [0.717, 1.165) is 30.4 Å². The van der Waals surface area contributed by atoms with Crippen LogP contribution in [-0.4, -0.2) is 46.5 Å². The van der Waals surface area contributed by atoms with Gasteiger partial charge in [0.2, 0.25) is 5.91 Å². The van der Waals surface area contributed by atoms with Crippen LogP contribution < -0.4 is 0 Å². The molecule has 140 valence electrons. The standard InChI is InChI=1S/C17H24F3N3O2/c1-11-15(12(2)23(21-11)10-17(18,19)20)14-9-25-8-7-22(14)16(24)13-5-3-4-6-13/h13-14H,3-10H2,1-2H3. The van der Waals surface area contributed by atoms with Crippen LogP contribution in [0, 0.1) is 19.8 Å². The van der Waals surface area contributed by atoms with Gasteiger partial charge in [-0.25, -0.2) is 0 Å². The number of hydrogen-bond acceptors (Lipinski definition) is 3. The Balaban J connectivity index is 1.88. The van der Waals surface area contributed by atoms with Crippen molar-refractivity contribution in [1.82, 2.24) is 14.7 Å². The van der Waals surface area contributed by atoms with Crippen molar-refractivity contribution in [2.45, 2.75) is 58.3 Å². The zero-order chi connectivity index (χ0) is 18.2. The molecule has 2 heterocycles. The van der Waals surface area contributed by atoms with Gasteiger partial charge in [-0.1, -0.05) is 12.8 Å². The van der Waals surface area contributed by atoms with Crippen molar-refractivity contribution in [1.29, 1.82) is 0 Å². The van der Waals surface area contributed by atoms with E-state index in [2.05, 4.69) is 5.10 Å². The second kappa shape index (κ2) is 6.97. The van der Waals surface area contributed by atoms with Crippen LogP contribution in [-0.2, 0) is 16.1 Å². The predicted molar refractivity (Wildman–Crippen MR) is 85.0 cm³/mol. The Kier molecular flexibility index (Phi) is 5.09. The highest BCUT2D eigenvalue weighted by molar-refractivity contribution is 5.79. The van der Waals surface area contributed by atoms with Crippen LogP contribution in [0.1, 0.15) is 48.7 Å². The summed E-state index contributed by atoms with van der Waals surface area (Å²) in [6.45, 7) is 3.45. The summed E-state index contributed by atoms with van der Waals surface area (Å²) in [5.74, 6) is 0.139. The Morgan fingerprint density at radius 2 is 1.96 bits per heavy atom. The van der Waals surface area contributed by atoms with Gasteiger partial charge in [0.1, 0.15) is 6.54 Å². The van der Waals surface area contributed by atoms with Gasteiger partial charge in [0.15, 0.2) is 0 Å². The minimum Gasteiger partial charge on any atom is -0.377 e. The second-order valence-electron chi connectivity index (χ2n) is 6.96. The highest BCUT2D eigenvalue weighted by atomic mass is 19.4. The molecule has 0 bridgehead atoms. The summed E-state index contributed by atoms with van der Waals surface area (Å²) in [6, 6.07) is -0.358. The smallest absolute Gasteiger partial charge is 0.377 e. The maximum atomic E-state index is 12.9. The van der Waals surface area contributed by atoms with Crippen molar-refractivity contribution in [2.75, 3.05) is 19.8 Å². The van der Waals surface area contributed by atoms with Crippen LogP contribution in [0.25, 0.3) is 0 Å². The summed E-state index contributed by atoms with van der Waals surface area (Å²) < 4.78 is 44.8. The monoisotopic (exact) mass is 359 g/mol. The molecular formula is C17H24F3N3O2. The van der Waals surface area contributed by atoms with Gasteiger partial charge in [0.05, 0.1) is 24.9 Å². The second-order valence-corrected chi connectivity index (χ2v) is 6.96. The van der Waals surface area contributed by atoms with Crippen molar-refractivity contribution < 1.29 is 22.7 Å². The lowest BCUT2D eigenvalue weighted by Crippen LogP contribution is -2.46. The maximum absolute atomic E-state index is 12.9. The van der Waals surface area contributed by atoms with Crippen LogP contribution >= 0.6 is 0 Å². The van der Waals surface area contributed by atoms with Crippen molar-refractivity contribution in [3.63, 3.8) is 0 Å². The van der Waals surface area contributed by atoms with Crippen LogP contribution in [0.4, 0.5) is 13.2 Å². The van der Waals surface area contributed by atoms with Gasteiger partial charge >= 0.3 is 6.18 Å². The lowest BCUT2D eigenvalue weighted by molar-refractivity contribution is -0.145. The number of aryl methyl sites for hydroxylation is 1. The van der Waals surface area contributed by atoms with Crippen molar-refractivity contribution in [3.8, 4) is 0 Å². The van der Waals surface area contributed by atoms with E-state index in [9.17, 15) is 18.0 Å². The number of carbonyl (C=O) groups excluding carboxylic acids is 1. The Morgan fingerprint density at radius 1 is 1.28 bits per heavy atom. The number of aromatic nitrogens is 2. The third-order valence-electron chi connectivity index (χ3n) is 5.22. The van der Waals surface area contributed by atoms with Crippen LogP contribution in [0.5, 0.6) is 0 Å². The molecule has 1 saturated carbocycles. The normalized spacial score (nSPS) is 22.6. The van der Waals surface area contributed by atoms with Gasteiger partial charge in [-0.2, -0.15) is 18.3 Å². The molecule has 3 rings (SSSR count). The number of amides is 1. The molecule has 1 aliphatic carbocycles. The number of halogens is 3. The highest BCUT2D eigenvalue weighted by Gasteiger charge is 2.37. The van der Waals surface area contributed by atoms with Crippen molar-refractivity contribution in [2.24, 2.45) is 5.92 Å². The summed E-state index contributed by atoms with van der Waals surface area (Å²) in [5.41, 5.74) is 1.67. The molecule has 1 unspecified atom stereocenters. The molecule has 5 nitrogen and oxygen atoms in total. The summed E-state index contributed by atoms with van der Waals surface area (Å²) >= 11 is 0. The Labute approximate surface area is 145 Å². The minimum absolute atomic E-state index is 0.0337. The van der Waals surface area contributed by atoms with Crippen LogP contribution in [0.3, 0.4) is 0 Å². The summed E-state index contributed by atoms with van der Waals surface area (Å²) in [4.78, 5) is 14.7. The first-order valence-electron chi connectivity index (χ1n) is 8.77. The fourth-order valence-corrected chi connectivity index (χ4v) is 4.03. The Hall–Kier alpha value is -1.57. The number of morpholine rings is 1. The number of rotatable bonds is 3. The topological polar surface area (TPSA) is 47.4 Å². The average molecular weight is 359 g/mol. The zero-order valence-corrected chi connectivity index (χ0v) is 14.6. The van der Waals surface area contributed by atoms with E-state index < -0.39 is 12.7 Å². The fourth-order valence-electron chi connectivity index (χ4n) is 4.03. The van der Waals surface area contributed by atoms with E-state index >= 15 is 0 Å². The van der Waals surface area contributed by atoms with Crippen molar-refractivity contribution in [3.05, 3.63) is 17.0 Å². The predicted octanol–water partition coefficient (Wildman–Crippen LogP) is 3.15. The molecule has 1 aromatic rings. The minimum atomic E-state index is -4.33. The summed E-state index contributed by atoms with van der Waals surface area (Å²) in [7, 11) is 0. The molecule has 0 spiro atoms. The Bertz CT molecular complexity index is 636. The fraction of sp³-hybridized carbons (Fsp3) is 0.765. The van der Waals surface area contributed by atoms with Crippen LogP contribution in [0.15, 0.2) is 0 Å². The molecule has 1 aliphatic heterocycles. The van der Waals surface area contributed by atoms with Gasteiger partial charge in [-0.3, -0.25) is 9.48 Å². The molecule has 1 aromatic heterocycles.